The molecule has 0 amide bonds. The third-order valence-corrected chi connectivity index (χ3v) is 14.6. The molecule has 83 heavy (non-hydrogen) atoms. The molecule has 0 bridgehead atoms. The lowest BCUT2D eigenvalue weighted by molar-refractivity contribution is -0.167. The summed E-state index contributed by atoms with van der Waals surface area (Å²) in [6, 6.07) is 0. The molecule has 0 aliphatic rings. The van der Waals surface area contributed by atoms with Gasteiger partial charge in [0.05, 0.1) is 0 Å². The Labute approximate surface area is 513 Å². The van der Waals surface area contributed by atoms with Crippen LogP contribution >= 0.6 is 0 Å². The number of hydrogen-bond donors (Lipinski definition) is 0. The third kappa shape index (κ3) is 68.2. The molecule has 0 fully saturated rings. The lowest BCUT2D eigenvalue weighted by Gasteiger charge is -2.18. The molecule has 0 radical (unpaired) electrons. The predicted octanol–water partition coefficient (Wildman–Crippen LogP) is 24.1. The van der Waals surface area contributed by atoms with E-state index in [1.165, 1.54) is 128 Å². The molecule has 6 nitrogen and oxygen atoms in total. The van der Waals surface area contributed by atoms with Gasteiger partial charge in [-0.15, -0.1) is 0 Å². The molecule has 0 aromatic carbocycles. The van der Waals surface area contributed by atoms with Crippen molar-refractivity contribution < 1.29 is 28.6 Å². The maximum absolute atomic E-state index is 12.9. The first-order valence-corrected chi connectivity index (χ1v) is 34.7. The van der Waals surface area contributed by atoms with Gasteiger partial charge in [0.2, 0.25) is 0 Å². The molecule has 0 spiro atoms. The van der Waals surface area contributed by atoms with E-state index in [0.29, 0.717) is 12.8 Å². The molecule has 1 atom stereocenters. The highest BCUT2D eigenvalue weighted by molar-refractivity contribution is 5.71. The first kappa shape index (κ1) is 78.5. The van der Waals surface area contributed by atoms with Crippen LogP contribution in [0, 0.1) is 0 Å². The maximum Gasteiger partial charge on any atom is 0.306 e. The van der Waals surface area contributed by atoms with E-state index in [0.717, 1.165) is 148 Å². The SMILES string of the molecule is CC/C=C\C/C=C\C/C=C\C/C=C\C/C=C\C/C=C\C/C=C\CCCCCC(=O)OC(COC(=O)CCCCCCC/C=C\C/C=C\CCC)COC(=O)CCCCCCCCCCCCCCCCC/C=C\C/C=C\CCCCCCC. The van der Waals surface area contributed by atoms with Crippen LogP contribution in [0.1, 0.15) is 316 Å². The fourth-order valence-electron chi connectivity index (χ4n) is 9.43. The molecule has 0 rings (SSSR count). The van der Waals surface area contributed by atoms with Gasteiger partial charge in [-0.1, -0.05) is 296 Å². The molecular formula is C77H128O6. The highest BCUT2D eigenvalue weighted by Crippen LogP contribution is 2.16. The van der Waals surface area contributed by atoms with Crippen molar-refractivity contribution in [3.63, 3.8) is 0 Å². The summed E-state index contributed by atoms with van der Waals surface area (Å²) in [7, 11) is 0. The zero-order chi connectivity index (χ0) is 59.9. The number of ether oxygens (including phenoxy) is 3. The van der Waals surface area contributed by atoms with Gasteiger partial charge in [-0.25, -0.2) is 0 Å². The summed E-state index contributed by atoms with van der Waals surface area (Å²) in [5.74, 6) is -0.941. The van der Waals surface area contributed by atoms with Crippen LogP contribution in [-0.4, -0.2) is 37.2 Å². The highest BCUT2D eigenvalue weighted by Gasteiger charge is 2.19. The van der Waals surface area contributed by atoms with Crippen LogP contribution < -0.4 is 0 Å². The van der Waals surface area contributed by atoms with E-state index in [9.17, 15) is 14.4 Å². The summed E-state index contributed by atoms with van der Waals surface area (Å²) >= 11 is 0. The summed E-state index contributed by atoms with van der Waals surface area (Å²) in [5.41, 5.74) is 0. The fraction of sp³-hybridized carbons (Fsp3) is 0.675. The number of unbranched alkanes of at least 4 members (excludes halogenated alkanes) is 29. The average molecular weight is 1150 g/mol. The van der Waals surface area contributed by atoms with Crippen molar-refractivity contribution in [2.24, 2.45) is 0 Å². The summed E-state index contributed by atoms with van der Waals surface area (Å²) in [5, 5.41) is 0. The lowest BCUT2D eigenvalue weighted by atomic mass is 10.0. The van der Waals surface area contributed by atoms with Crippen LogP contribution in [0.25, 0.3) is 0 Å². The Morgan fingerprint density at radius 3 is 0.795 bits per heavy atom. The number of carbonyl (C=O) groups excluding carboxylic acids is 3. The quantitative estimate of drug-likeness (QED) is 0.0261. The molecule has 6 heteroatoms. The van der Waals surface area contributed by atoms with E-state index in [1.807, 2.05) is 0 Å². The molecule has 0 N–H and O–H groups in total. The first-order valence-electron chi connectivity index (χ1n) is 34.7. The van der Waals surface area contributed by atoms with Crippen LogP contribution in [0.4, 0.5) is 0 Å². The van der Waals surface area contributed by atoms with Crippen molar-refractivity contribution >= 4 is 17.9 Å². The van der Waals surface area contributed by atoms with E-state index in [4.69, 9.17) is 14.2 Å². The predicted molar refractivity (Wildman–Crippen MR) is 362 cm³/mol. The molecule has 0 saturated heterocycles. The van der Waals surface area contributed by atoms with Crippen LogP contribution in [0.15, 0.2) is 134 Å². The van der Waals surface area contributed by atoms with E-state index in [-0.39, 0.29) is 37.5 Å². The van der Waals surface area contributed by atoms with E-state index >= 15 is 0 Å². The van der Waals surface area contributed by atoms with Gasteiger partial charge in [0.25, 0.3) is 0 Å². The Balaban J connectivity index is 4.37. The summed E-state index contributed by atoms with van der Waals surface area (Å²) < 4.78 is 16.9. The fourth-order valence-corrected chi connectivity index (χ4v) is 9.43. The second-order valence-electron chi connectivity index (χ2n) is 22.7. The van der Waals surface area contributed by atoms with Crippen molar-refractivity contribution in [1.29, 1.82) is 0 Å². The van der Waals surface area contributed by atoms with Crippen LogP contribution in [0.2, 0.25) is 0 Å². The second-order valence-corrected chi connectivity index (χ2v) is 22.7. The smallest absolute Gasteiger partial charge is 0.306 e. The topological polar surface area (TPSA) is 78.9 Å². The zero-order valence-electron chi connectivity index (χ0n) is 54.2. The van der Waals surface area contributed by atoms with Crippen LogP contribution in [0.5, 0.6) is 0 Å². The van der Waals surface area contributed by atoms with Gasteiger partial charge in [0, 0.05) is 19.3 Å². The minimum Gasteiger partial charge on any atom is -0.462 e. The molecule has 0 aromatic rings. The number of carbonyl (C=O) groups is 3. The van der Waals surface area contributed by atoms with Gasteiger partial charge >= 0.3 is 17.9 Å². The maximum atomic E-state index is 12.9. The molecule has 0 saturated carbocycles. The molecule has 472 valence electrons. The van der Waals surface area contributed by atoms with Crippen molar-refractivity contribution in [2.45, 2.75) is 322 Å². The molecule has 0 heterocycles. The highest BCUT2D eigenvalue weighted by atomic mass is 16.6. The Kier molecular flexibility index (Phi) is 66.3. The molecular weight excluding hydrogens is 1020 g/mol. The summed E-state index contributed by atoms with van der Waals surface area (Å²) in [6.07, 6.45) is 99.0. The van der Waals surface area contributed by atoms with Crippen LogP contribution in [-0.2, 0) is 28.6 Å². The van der Waals surface area contributed by atoms with E-state index < -0.39 is 6.10 Å². The molecule has 0 aromatic heterocycles. The molecule has 1 unspecified atom stereocenters. The summed E-state index contributed by atoms with van der Waals surface area (Å²) in [4.78, 5) is 38.4. The minimum atomic E-state index is -0.808. The Morgan fingerprint density at radius 2 is 0.494 bits per heavy atom. The Bertz CT molecular complexity index is 1750. The van der Waals surface area contributed by atoms with Crippen molar-refractivity contribution in [3.05, 3.63) is 134 Å². The molecule has 0 aliphatic heterocycles. The summed E-state index contributed by atoms with van der Waals surface area (Å²) in [6.45, 7) is 6.43. The number of rotatable bonds is 62. The number of esters is 3. The van der Waals surface area contributed by atoms with E-state index in [2.05, 4.69) is 154 Å². The normalized spacial score (nSPS) is 13.0. The number of hydrogen-bond acceptors (Lipinski definition) is 6. The lowest BCUT2D eigenvalue weighted by Crippen LogP contribution is -2.30. The van der Waals surface area contributed by atoms with Gasteiger partial charge < -0.3 is 14.2 Å². The van der Waals surface area contributed by atoms with Gasteiger partial charge in [0.1, 0.15) is 13.2 Å². The van der Waals surface area contributed by atoms with Gasteiger partial charge in [-0.2, -0.15) is 0 Å². The second kappa shape index (κ2) is 70.0. The minimum absolute atomic E-state index is 0.0987. The average Bonchev–Trinajstić information content (AvgIpc) is 3.49. The Morgan fingerprint density at radius 1 is 0.253 bits per heavy atom. The van der Waals surface area contributed by atoms with Crippen molar-refractivity contribution in [2.75, 3.05) is 13.2 Å². The zero-order valence-corrected chi connectivity index (χ0v) is 54.2. The van der Waals surface area contributed by atoms with Crippen molar-refractivity contribution in [3.8, 4) is 0 Å². The standard InChI is InChI=1S/C77H128O6/c1-4-7-10-13-16-19-22-25-27-29-31-33-35-37-38-40-41-43-45-47-49-52-55-58-61-64-67-70-76(79)82-73-74(72-81-75(78)69-66-63-60-57-54-51-24-21-18-15-12-9-6-3)83-77(80)71-68-65-62-59-56-53-50-48-46-44-42-39-36-34-32-30-28-26-23-20-17-14-11-8-5-2/h8,11-12,15,17,20-22,24-26,28-29,31-32,34,39,42,46,48,53,56,74H,4-7,9-10,13-14,16,18-19,23,27,30,33,35-38,40-41,43-45,47,49-52,54-55,57-73H2,1-3H3/b11-8-,15-12-,20-17-,24-21-,25-22-,28-26-,31-29-,34-32-,42-39-,48-46-,56-53-. The van der Waals surface area contributed by atoms with E-state index in [1.54, 1.807) is 0 Å². The van der Waals surface area contributed by atoms with Gasteiger partial charge in [0.15, 0.2) is 6.10 Å². The van der Waals surface area contributed by atoms with Gasteiger partial charge in [-0.05, 0) is 135 Å². The van der Waals surface area contributed by atoms with Crippen LogP contribution in [0.3, 0.4) is 0 Å². The third-order valence-electron chi connectivity index (χ3n) is 14.6. The molecule has 0 aliphatic carbocycles. The monoisotopic (exact) mass is 1150 g/mol. The largest absolute Gasteiger partial charge is 0.462 e. The Hall–Kier alpha value is -4.45. The number of allylic oxidation sites excluding steroid dienone is 22. The van der Waals surface area contributed by atoms with Crippen molar-refractivity contribution in [1.82, 2.24) is 0 Å². The first-order chi connectivity index (χ1) is 41.0. The van der Waals surface area contributed by atoms with Gasteiger partial charge in [-0.3, -0.25) is 14.4 Å².